The average molecular weight is 558 g/mol. The summed E-state index contributed by atoms with van der Waals surface area (Å²) in [5.74, 6) is 0. The fourth-order valence-corrected chi connectivity index (χ4v) is 11.9. The number of fused-ring (bicyclic) bond motifs is 10. The largest absolute Gasteiger partial charge is 0.309 e. The highest BCUT2D eigenvalue weighted by Crippen LogP contribution is 2.44. The van der Waals surface area contributed by atoms with Crippen molar-refractivity contribution in [3.05, 3.63) is 127 Å². The molecule has 0 fully saturated rings. The van der Waals surface area contributed by atoms with Gasteiger partial charge in [0.1, 0.15) is 8.07 Å². The second-order valence-corrected chi connectivity index (χ2v) is 17.1. The van der Waals surface area contributed by atoms with Crippen molar-refractivity contribution in [3.8, 4) is 27.9 Å². The van der Waals surface area contributed by atoms with E-state index in [1.54, 1.807) is 5.19 Å². The van der Waals surface area contributed by atoms with Crippen LogP contribution >= 0.6 is 11.3 Å². The summed E-state index contributed by atoms with van der Waals surface area (Å²) in [4.78, 5) is 0. The summed E-state index contributed by atoms with van der Waals surface area (Å²) in [5.41, 5.74) is 9.37. The van der Waals surface area contributed by atoms with Gasteiger partial charge in [0.2, 0.25) is 0 Å². The number of para-hydroxylation sites is 2. The van der Waals surface area contributed by atoms with E-state index >= 15 is 0 Å². The van der Waals surface area contributed by atoms with E-state index in [9.17, 15) is 0 Å². The number of aromatic nitrogens is 1. The van der Waals surface area contributed by atoms with Crippen molar-refractivity contribution < 1.29 is 0 Å². The normalized spacial score (nSPS) is 13.8. The van der Waals surface area contributed by atoms with Crippen molar-refractivity contribution in [2.45, 2.75) is 13.1 Å². The van der Waals surface area contributed by atoms with Gasteiger partial charge in [-0.3, -0.25) is 0 Å². The van der Waals surface area contributed by atoms with Gasteiger partial charge in [0.05, 0.1) is 11.0 Å². The molecule has 1 nitrogen and oxygen atoms in total. The summed E-state index contributed by atoms with van der Waals surface area (Å²) in [6.45, 7) is 5.09. The third-order valence-corrected chi connectivity index (χ3v) is 13.9. The Kier molecular flexibility index (Phi) is 4.71. The van der Waals surface area contributed by atoms with Gasteiger partial charge in [0.25, 0.3) is 0 Å². The minimum atomic E-state index is -2.01. The number of hydrogen-bond donors (Lipinski definition) is 0. The van der Waals surface area contributed by atoms with Gasteiger partial charge >= 0.3 is 0 Å². The van der Waals surface area contributed by atoms with Gasteiger partial charge in [-0.1, -0.05) is 98.0 Å². The Morgan fingerprint density at radius 3 is 2.15 bits per heavy atom. The van der Waals surface area contributed by atoms with Crippen LogP contribution in [0.3, 0.4) is 0 Å². The Balaban J connectivity index is 1.48. The van der Waals surface area contributed by atoms with Crippen LogP contribution in [-0.4, -0.2) is 12.6 Å². The monoisotopic (exact) mass is 557 g/mol. The molecule has 6 aromatic carbocycles. The van der Waals surface area contributed by atoms with Crippen LogP contribution in [0.4, 0.5) is 0 Å². The highest BCUT2D eigenvalue weighted by atomic mass is 32.1. The second kappa shape index (κ2) is 8.29. The number of benzene rings is 6. The third-order valence-electron chi connectivity index (χ3n) is 9.16. The summed E-state index contributed by atoms with van der Waals surface area (Å²) in [6.07, 6.45) is 0. The number of hydrogen-bond acceptors (Lipinski definition) is 1. The van der Waals surface area contributed by atoms with Crippen LogP contribution in [-0.2, 0) is 0 Å². The molecular weight excluding hydrogens is 531 g/mol. The van der Waals surface area contributed by atoms with Crippen LogP contribution in [0.15, 0.2) is 127 Å². The van der Waals surface area contributed by atoms with Gasteiger partial charge in [0, 0.05) is 42.2 Å². The molecule has 9 rings (SSSR count). The quantitative estimate of drug-likeness (QED) is 0.187. The molecule has 3 heteroatoms. The molecule has 0 bridgehead atoms. The first-order valence-electron chi connectivity index (χ1n) is 14.3. The summed E-state index contributed by atoms with van der Waals surface area (Å²) in [7, 11) is -2.01. The van der Waals surface area contributed by atoms with Crippen LogP contribution in [0.1, 0.15) is 0 Å². The number of thiophene rings is 1. The Bertz CT molecular complexity index is 2340. The molecule has 3 heterocycles. The molecule has 194 valence electrons. The Hall–Kier alpha value is -4.44. The standard InChI is InChI=1S/C38H27NSSi/c1-41(2)35-19-11-8-16-28(35)36-37-31(26-14-6-9-17-32(26)39(37)25-12-4-3-5-13-25)23-29(38(36)41)24-20-21-34-30(22-24)27-15-7-10-18-33(27)40-34/h3-23H,1-2H3. The van der Waals surface area contributed by atoms with E-state index in [2.05, 4.69) is 145 Å². The molecule has 0 unspecified atom stereocenters. The molecule has 0 N–H and O–H groups in total. The van der Waals surface area contributed by atoms with Gasteiger partial charge in [-0.2, -0.15) is 0 Å². The SMILES string of the molecule is C[Si]1(C)c2ccccc2-c2c1c(-c1ccc3sc4ccccc4c3c1)cc1c3ccccc3n(-c3ccccc3)c21. The zero-order valence-corrected chi connectivity index (χ0v) is 24.8. The molecule has 0 amide bonds. The topological polar surface area (TPSA) is 4.93 Å². The summed E-state index contributed by atoms with van der Waals surface area (Å²) in [5, 5.41) is 8.45. The van der Waals surface area contributed by atoms with Crippen LogP contribution < -0.4 is 10.4 Å². The first-order chi connectivity index (χ1) is 20.1. The minimum absolute atomic E-state index is 1.21. The maximum atomic E-state index is 2.54. The molecule has 41 heavy (non-hydrogen) atoms. The van der Waals surface area contributed by atoms with E-state index in [1.807, 2.05) is 11.3 Å². The highest BCUT2D eigenvalue weighted by Gasteiger charge is 2.41. The van der Waals surface area contributed by atoms with Crippen molar-refractivity contribution in [1.82, 2.24) is 4.57 Å². The molecule has 0 spiro atoms. The minimum Gasteiger partial charge on any atom is -0.309 e. The van der Waals surface area contributed by atoms with E-state index in [-0.39, 0.29) is 0 Å². The molecule has 1 aliphatic heterocycles. The number of rotatable bonds is 2. The lowest BCUT2D eigenvalue weighted by Crippen LogP contribution is -2.50. The molecule has 0 radical (unpaired) electrons. The van der Waals surface area contributed by atoms with E-state index < -0.39 is 8.07 Å². The van der Waals surface area contributed by atoms with Gasteiger partial charge < -0.3 is 4.57 Å². The fraction of sp³-hybridized carbons (Fsp3) is 0.0526. The zero-order valence-electron chi connectivity index (χ0n) is 23.0. The zero-order chi connectivity index (χ0) is 27.3. The molecule has 0 saturated heterocycles. The molecule has 8 aromatic rings. The maximum absolute atomic E-state index is 2.54. The molecule has 1 aliphatic rings. The van der Waals surface area contributed by atoms with Crippen molar-refractivity contribution in [1.29, 1.82) is 0 Å². The number of nitrogens with zero attached hydrogens (tertiary/aromatic N) is 1. The second-order valence-electron chi connectivity index (χ2n) is 11.7. The van der Waals surface area contributed by atoms with Crippen molar-refractivity contribution in [2.24, 2.45) is 0 Å². The summed E-state index contributed by atoms with van der Waals surface area (Å²) < 4.78 is 5.22. The van der Waals surface area contributed by atoms with Gasteiger partial charge in [0.15, 0.2) is 0 Å². The molecule has 2 aromatic heterocycles. The van der Waals surface area contributed by atoms with E-state index in [1.165, 1.54) is 75.1 Å². The third kappa shape index (κ3) is 3.10. The Morgan fingerprint density at radius 1 is 0.561 bits per heavy atom. The Morgan fingerprint density at radius 2 is 1.27 bits per heavy atom. The molecule has 0 saturated carbocycles. The smallest absolute Gasteiger partial charge is 0.114 e. The Labute approximate surface area is 243 Å². The van der Waals surface area contributed by atoms with E-state index in [0.717, 1.165) is 0 Å². The van der Waals surface area contributed by atoms with Crippen molar-refractivity contribution in [2.75, 3.05) is 0 Å². The van der Waals surface area contributed by atoms with E-state index in [4.69, 9.17) is 0 Å². The van der Waals surface area contributed by atoms with Crippen molar-refractivity contribution >= 4 is 71.8 Å². The van der Waals surface area contributed by atoms with Gasteiger partial charge in [-0.25, -0.2) is 0 Å². The van der Waals surface area contributed by atoms with Crippen molar-refractivity contribution in [3.63, 3.8) is 0 Å². The maximum Gasteiger partial charge on any atom is 0.114 e. The molecule has 0 aliphatic carbocycles. The highest BCUT2D eigenvalue weighted by molar-refractivity contribution is 7.25. The predicted molar refractivity (Wildman–Crippen MR) is 181 cm³/mol. The van der Waals surface area contributed by atoms with E-state index in [0.29, 0.717) is 0 Å². The lowest BCUT2D eigenvalue weighted by Gasteiger charge is -2.23. The average Bonchev–Trinajstić information content (AvgIpc) is 3.63. The van der Waals surface area contributed by atoms with Crippen LogP contribution in [0.5, 0.6) is 0 Å². The predicted octanol–water partition coefficient (Wildman–Crippen LogP) is 9.62. The van der Waals surface area contributed by atoms with Crippen LogP contribution in [0.2, 0.25) is 13.1 Å². The summed E-state index contributed by atoms with van der Waals surface area (Å²) in [6, 6.07) is 47.5. The first kappa shape index (κ1) is 23.3. The fourth-order valence-electron chi connectivity index (χ4n) is 7.39. The van der Waals surface area contributed by atoms with Crippen LogP contribution in [0, 0.1) is 0 Å². The lowest BCUT2D eigenvalue weighted by atomic mass is 9.94. The van der Waals surface area contributed by atoms with Crippen LogP contribution in [0.25, 0.3) is 69.9 Å². The lowest BCUT2D eigenvalue weighted by molar-refractivity contribution is 1.18. The molecule has 0 atom stereocenters. The first-order valence-corrected chi connectivity index (χ1v) is 18.1. The van der Waals surface area contributed by atoms with Gasteiger partial charge in [-0.15, -0.1) is 11.3 Å². The van der Waals surface area contributed by atoms with Gasteiger partial charge in [-0.05, 0) is 69.5 Å². The molecular formula is C38H27NSSi. The summed E-state index contributed by atoms with van der Waals surface area (Å²) >= 11 is 1.89.